The number of nitrogens with one attached hydrogen (secondary N) is 2. The summed E-state index contributed by atoms with van der Waals surface area (Å²) in [5, 5.41) is 9.47. The zero-order valence-corrected chi connectivity index (χ0v) is 14.5. The van der Waals surface area contributed by atoms with Crippen molar-refractivity contribution in [1.82, 2.24) is 20.1 Å². The van der Waals surface area contributed by atoms with Crippen molar-refractivity contribution >= 4 is 11.7 Å². The van der Waals surface area contributed by atoms with Crippen LogP contribution in [0.2, 0.25) is 0 Å². The molecule has 10 heteroatoms. The molecule has 2 N–H and O–H groups in total. The first kappa shape index (κ1) is 18.1. The van der Waals surface area contributed by atoms with E-state index in [1.54, 1.807) is 36.5 Å². The Morgan fingerprint density at radius 1 is 1.32 bits per heavy atom. The number of fused-ring (bicyclic) bond motifs is 1. The zero-order chi connectivity index (χ0) is 19.7. The van der Waals surface area contributed by atoms with E-state index in [2.05, 4.69) is 20.7 Å². The topological polar surface area (TPSA) is 85.0 Å². The van der Waals surface area contributed by atoms with Crippen LogP contribution in [0.3, 0.4) is 0 Å². The highest BCUT2D eigenvalue weighted by Crippen LogP contribution is 2.43. The second kappa shape index (κ2) is 7.02. The maximum absolute atomic E-state index is 13.6. The van der Waals surface area contributed by atoms with Gasteiger partial charge < -0.3 is 15.1 Å². The fourth-order valence-electron chi connectivity index (χ4n) is 3.12. The molecule has 0 aliphatic carbocycles. The van der Waals surface area contributed by atoms with Crippen molar-refractivity contribution in [3.8, 4) is 0 Å². The first-order chi connectivity index (χ1) is 13.4. The molecule has 3 aromatic rings. The lowest BCUT2D eigenvalue weighted by Gasteiger charge is -2.32. The number of aromatic nitrogens is 3. The van der Waals surface area contributed by atoms with Crippen LogP contribution in [0.15, 0.2) is 53.3 Å². The lowest BCUT2D eigenvalue weighted by Crippen LogP contribution is -2.35. The molecule has 28 heavy (non-hydrogen) atoms. The Morgan fingerprint density at radius 2 is 2.18 bits per heavy atom. The van der Waals surface area contributed by atoms with Gasteiger partial charge >= 0.3 is 6.18 Å². The molecule has 1 aliphatic heterocycles. The van der Waals surface area contributed by atoms with Crippen LogP contribution in [0.25, 0.3) is 0 Å². The Labute approximate surface area is 157 Å². The molecule has 4 heterocycles. The van der Waals surface area contributed by atoms with Gasteiger partial charge in [-0.2, -0.15) is 18.3 Å². The monoisotopic (exact) mass is 391 g/mol. The number of halogens is 3. The molecule has 0 fully saturated rings. The summed E-state index contributed by atoms with van der Waals surface area (Å²) in [5.41, 5.74) is 0.525. The first-order valence-electron chi connectivity index (χ1n) is 8.56. The van der Waals surface area contributed by atoms with Gasteiger partial charge in [0.2, 0.25) is 0 Å². The Morgan fingerprint density at radius 3 is 2.86 bits per heavy atom. The summed E-state index contributed by atoms with van der Waals surface area (Å²) in [6.45, 7) is 0.146. The van der Waals surface area contributed by atoms with Crippen LogP contribution in [0.5, 0.6) is 0 Å². The van der Waals surface area contributed by atoms with E-state index in [1.165, 1.54) is 12.3 Å². The largest absolute Gasteiger partial charge is 0.467 e. The van der Waals surface area contributed by atoms with Gasteiger partial charge in [-0.25, -0.2) is 4.68 Å². The van der Waals surface area contributed by atoms with Gasteiger partial charge in [0.25, 0.3) is 5.91 Å². The third-order valence-electron chi connectivity index (χ3n) is 4.47. The van der Waals surface area contributed by atoms with E-state index in [0.717, 1.165) is 4.68 Å². The number of pyridine rings is 1. The fourth-order valence-corrected chi connectivity index (χ4v) is 3.12. The van der Waals surface area contributed by atoms with Gasteiger partial charge in [-0.15, -0.1) is 0 Å². The summed E-state index contributed by atoms with van der Waals surface area (Å²) in [5.74, 6) is -0.0781. The van der Waals surface area contributed by atoms with E-state index < -0.39 is 24.2 Å². The standard InChI is InChI=1S/C18H16F3N5O2/c19-18(20,21)15-8-12(14-5-3-7-28-14)24-16-9-13(25-26(15)16)17(27)23-10-11-4-1-2-6-22-11/h1-7,9,12,15,24H,8,10H2,(H,23,27)/t12-,15+/m0/s1. The number of nitrogens with zero attached hydrogens (tertiary/aromatic N) is 3. The van der Waals surface area contributed by atoms with E-state index in [9.17, 15) is 18.0 Å². The number of carbonyl (C=O) groups is 1. The number of hydrogen-bond donors (Lipinski definition) is 2. The van der Waals surface area contributed by atoms with Gasteiger partial charge in [-0.05, 0) is 24.3 Å². The highest BCUT2D eigenvalue weighted by molar-refractivity contribution is 5.93. The van der Waals surface area contributed by atoms with Crippen molar-refractivity contribution in [2.75, 3.05) is 5.32 Å². The molecule has 3 aromatic heterocycles. The fraction of sp³-hybridized carbons (Fsp3) is 0.278. The van der Waals surface area contributed by atoms with Crippen molar-refractivity contribution in [2.45, 2.75) is 31.2 Å². The third kappa shape index (κ3) is 3.57. The van der Waals surface area contributed by atoms with Gasteiger partial charge in [0, 0.05) is 18.7 Å². The molecule has 2 atom stereocenters. The first-order valence-corrected chi connectivity index (χ1v) is 8.56. The molecule has 0 saturated carbocycles. The molecule has 1 amide bonds. The summed E-state index contributed by atoms with van der Waals surface area (Å²) in [6, 6.07) is 7.24. The predicted molar refractivity (Wildman–Crippen MR) is 92.4 cm³/mol. The number of hydrogen-bond acceptors (Lipinski definition) is 5. The highest BCUT2D eigenvalue weighted by atomic mass is 19.4. The summed E-state index contributed by atoms with van der Waals surface area (Å²) in [7, 11) is 0. The molecular weight excluding hydrogens is 375 g/mol. The smallest absolute Gasteiger partial charge is 0.410 e. The second-order valence-electron chi connectivity index (χ2n) is 6.37. The van der Waals surface area contributed by atoms with Crippen LogP contribution in [0.4, 0.5) is 19.0 Å². The van der Waals surface area contributed by atoms with E-state index in [0.29, 0.717) is 11.5 Å². The molecule has 146 valence electrons. The second-order valence-corrected chi connectivity index (χ2v) is 6.37. The Bertz CT molecular complexity index is 954. The van der Waals surface area contributed by atoms with Crippen molar-refractivity contribution < 1.29 is 22.4 Å². The zero-order valence-electron chi connectivity index (χ0n) is 14.5. The molecule has 0 radical (unpaired) electrons. The molecule has 4 rings (SSSR count). The van der Waals surface area contributed by atoms with Crippen LogP contribution in [-0.4, -0.2) is 26.8 Å². The highest BCUT2D eigenvalue weighted by Gasteiger charge is 2.47. The van der Waals surface area contributed by atoms with Gasteiger partial charge in [0.1, 0.15) is 11.6 Å². The van der Waals surface area contributed by atoms with Gasteiger partial charge in [0.05, 0.1) is 24.5 Å². The molecule has 0 spiro atoms. The number of carbonyl (C=O) groups excluding carboxylic acids is 1. The minimum Gasteiger partial charge on any atom is -0.467 e. The molecule has 7 nitrogen and oxygen atoms in total. The van der Waals surface area contributed by atoms with Crippen molar-refractivity contribution in [1.29, 1.82) is 0 Å². The predicted octanol–water partition coefficient (Wildman–Crippen LogP) is 3.46. The van der Waals surface area contributed by atoms with Crippen molar-refractivity contribution in [2.24, 2.45) is 0 Å². The Balaban J connectivity index is 1.57. The van der Waals surface area contributed by atoms with E-state index in [4.69, 9.17) is 4.42 Å². The van der Waals surface area contributed by atoms with E-state index >= 15 is 0 Å². The number of amides is 1. The average molecular weight is 391 g/mol. The number of alkyl halides is 3. The molecule has 0 aromatic carbocycles. The van der Waals surface area contributed by atoms with Crippen molar-refractivity contribution in [3.05, 3.63) is 66.0 Å². The molecular formula is C18H16F3N5O2. The lowest BCUT2D eigenvalue weighted by atomic mass is 10.0. The van der Waals surface area contributed by atoms with Crippen LogP contribution in [0.1, 0.15) is 40.4 Å². The quantitative estimate of drug-likeness (QED) is 0.712. The third-order valence-corrected chi connectivity index (χ3v) is 4.47. The summed E-state index contributed by atoms with van der Waals surface area (Å²) in [6.07, 6.45) is -1.82. The normalized spacial score (nSPS) is 19.0. The minimum absolute atomic E-state index is 0.104. The van der Waals surface area contributed by atoms with Crippen molar-refractivity contribution in [3.63, 3.8) is 0 Å². The maximum Gasteiger partial charge on any atom is 0.410 e. The SMILES string of the molecule is O=C(NCc1ccccn1)c1cc2n(n1)[C@@H](C(F)(F)F)C[C@@H](c1ccco1)N2. The minimum atomic E-state index is -4.52. The van der Waals surface area contributed by atoms with Gasteiger partial charge in [-0.1, -0.05) is 6.07 Å². The Kier molecular flexibility index (Phi) is 4.54. The molecule has 0 saturated heterocycles. The molecule has 1 aliphatic rings. The summed E-state index contributed by atoms with van der Waals surface area (Å²) >= 11 is 0. The van der Waals surface area contributed by atoms with Gasteiger partial charge in [-0.3, -0.25) is 9.78 Å². The average Bonchev–Trinajstić information content (AvgIpc) is 3.34. The van der Waals surface area contributed by atoms with Crippen LogP contribution >= 0.6 is 0 Å². The van der Waals surface area contributed by atoms with Gasteiger partial charge in [0.15, 0.2) is 11.7 Å². The maximum atomic E-state index is 13.6. The van der Waals surface area contributed by atoms with E-state index in [-0.39, 0.29) is 24.5 Å². The van der Waals surface area contributed by atoms with Crippen LogP contribution < -0.4 is 10.6 Å². The lowest BCUT2D eigenvalue weighted by molar-refractivity contribution is -0.174. The molecule has 0 bridgehead atoms. The number of furan rings is 1. The Hall–Kier alpha value is -3.30. The van der Waals surface area contributed by atoms with Crippen LogP contribution in [-0.2, 0) is 6.54 Å². The van der Waals surface area contributed by atoms with Crippen LogP contribution in [0, 0.1) is 0 Å². The number of rotatable bonds is 4. The summed E-state index contributed by atoms with van der Waals surface area (Å²) in [4.78, 5) is 16.4. The summed E-state index contributed by atoms with van der Waals surface area (Å²) < 4.78 is 46.8. The number of anilines is 1. The van der Waals surface area contributed by atoms with E-state index in [1.807, 2.05) is 0 Å². The molecule has 0 unspecified atom stereocenters.